The number of aryl methyl sites for hydroxylation is 2. The summed E-state index contributed by atoms with van der Waals surface area (Å²) < 4.78 is 63.6. The minimum atomic E-state index is -5.08. The highest BCUT2D eigenvalue weighted by Gasteiger charge is 2.46. The number of fused-ring (bicyclic) bond motifs is 2. The Balaban J connectivity index is 0.000000384. The van der Waals surface area contributed by atoms with E-state index < -0.39 is 22.2 Å². The minimum Gasteiger partial charge on any atom is -0.475 e. The number of sulfonamides is 1. The van der Waals surface area contributed by atoms with Gasteiger partial charge in [-0.15, -0.1) is 0 Å². The fourth-order valence-electron chi connectivity index (χ4n) is 4.80. The van der Waals surface area contributed by atoms with Crippen LogP contribution in [-0.2, 0) is 33.8 Å². The topological polar surface area (TPSA) is 110 Å². The van der Waals surface area contributed by atoms with Crippen molar-refractivity contribution < 1.29 is 31.5 Å². The SMILES string of the molecule is Cc1cccc(S(=O)(=O)N2CCC3(CC2)CCn2c(-c4cnn(C)c4)cnc23)c1.O=C(O)C(F)(F)F. The Morgan fingerprint density at radius 3 is 2.31 bits per heavy atom. The quantitative estimate of drug-likeness (QED) is 0.562. The summed E-state index contributed by atoms with van der Waals surface area (Å²) in [6, 6.07) is 7.17. The molecule has 1 aromatic carbocycles. The number of alkyl halides is 3. The molecule has 1 spiro atoms. The van der Waals surface area contributed by atoms with Gasteiger partial charge in [-0.3, -0.25) is 4.68 Å². The van der Waals surface area contributed by atoms with Gasteiger partial charge in [-0.05, 0) is 43.9 Å². The van der Waals surface area contributed by atoms with Crippen LogP contribution in [0.15, 0.2) is 47.8 Å². The lowest BCUT2D eigenvalue weighted by atomic mass is 9.77. The van der Waals surface area contributed by atoms with Crippen LogP contribution in [0, 0.1) is 6.92 Å². The van der Waals surface area contributed by atoms with Crippen LogP contribution in [0.1, 0.15) is 30.7 Å². The van der Waals surface area contributed by atoms with E-state index in [2.05, 4.69) is 9.67 Å². The third-order valence-corrected chi connectivity index (χ3v) is 8.59. The smallest absolute Gasteiger partial charge is 0.475 e. The van der Waals surface area contributed by atoms with Crippen LogP contribution in [0.25, 0.3) is 11.3 Å². The first kappa shape index (κ1) is 25.9. The zero-order chi connectivity index (χ0) is 26.3. The summed E-state index contributed by atoms with van der Waals surface area (Å²) in [5.41, 5.74) is 3.10. The molecular weight excluding hydrogens is 499 g/mol. The number of benzene rings is 1. The second-order valence-electron chi connectivity index (χ2n) is 9.08. The molecule has 2 aromatic heterocycles. The monoisotopic (exact) mass is 525 g/mol. The van der Waals surface area contributed by atoms with Crippen molar-refractivity contribution in [1.29, 1.82) is 0 Å². The van der Waals surface area contributed by atoms with Crippen LogP contribution in [0.4, 0.5) is 13.2 Å². The number of carboxylic acids is 1. The second-order valence-corrected chi connectivity index (χ2v) is 11.0. The highest BCUT2D eigenvalue weighted by atomic mass is 32.2. The van der Waals surface area contributed by atoms with Crippen LogP contribution in [0.2, 0.25) is 0 Å². The number of carbonyl (C=O) groups is 1. The Hall–Kier alpha value is -3.19. The van der Waals surface area contributed by atoms with Gasteiger partial charge in [0, 0.05) is 43.9 Å². The van der Waals surface area contributed by atoms with Gasteiger partial charge in [-0.1, -0.05) is 12.1 Å². The van der Waals surface area contributed by atoms with E-state index in [9.17, 15) is 21.6 Å². The highest BCUT2D eigenvalue weighted by Crippen LogP contribution is 2.45. The summed E-state index contributed by atoms with van der Waals surface area (Å²) in [6.07, 6.45) is 3.35. The van der Waals surface area contributed by atoms with Crippen molar-refractivity contribution in [3.63, 3.8) is 0 Å². The molecule has 0 unspecified atom stereocenters. The first-order valence-electron chi connectivity index (χ1n) is 11.3. The standard InChI is InChI=1S/C21H25N5O2S.C2HF3O2/c1-16-4-3-5-18(12-16)29(27,28)25-9-6-21(7-10-25)8-11-26-19(14-22-20(21)26)17-13-23-24(2)15-17;3-2(4,5)1(6)7/h3-5,12-15H,6-11H2,1-2H3;(H,6,7). The van der Waals surface area contributed by atoms with Gasteiger partial charge in [0.25, 0.3) is 0 Å². The largest absolute Gasteiger partial charge is 0.490 e. The van der Waals surface area contributed by atoms with Gasteiger partial charge in [0.1, 0.15) is 5.82 Å². The number of hydrogen-bond donors (Lipinski definition) is 1. The summed E-state index contributed by atoms with van der Waals surface area (Å²) in [5.74, 6) is -1.66. The van der Waals surface area contributed by atoms with Crippen LogP contribution >= 0.6 is 0 Å². The molecule has 0 radical (unpaired) electrons. The molecule has 1 N–H and O–H groups in total. The van der Waals surface area contributed by atoms with E-state index in [1.54, 1.807) is 27.2 Å². The van der Waals surface area contributed by atoms with Crippen molar-refractivity contribution in [2.45, 2.75) is 49.2 Å². The Bertz CT molecular complexity index is 1370. The Labute approximate surface area is 206 Å². The first-order valence-corrected chi connectivity index (χ1v) is 12.7. The van der Waals surface area contributed by atoms with Crippen molar-refractivity contribution in [3.8, 4) is 11.3 Å². The zero-order valence-electron chi connectivity index (χ0n) is 19.7. The summed E-state index contributed by atoms with van der Waals surface area (Å²) in [4.78, 5) is 14.1. The lowest BCUT2D eigenvalue weighted by Gasteiger charge is -2.37. The van der Waals surface area contributed by atoms with E-state index in [1.807, 2.05) is 38.6 Å². The first-order chi connectivity index (χ1) is 16.8. The fourth-order valence-corrected chi connectivity index (χ4v) is 6.35. The number of aliphatic carboxylic acids is 1. The second kappa shape index (κ2) is 9.36. The zero-order valence-corrected chi connectivity index (χ0v) is 20.6. The molecule has 194 valence electrons. The van der Waals surface area contributed by atoms with Gasteiger partial charge in [-0.2, -0.15) is 22.6 Å². The van der Waals surface area contributed by atoms with E-state index in [0.29, 0.717) is 18.0 Å². The highest BCUT2D eigenvalue weighted by molar-refractivity contribution is 7.89. The van der Waals surface area contributed by atoms with Crippen molar-refractivity contribution >= 4 is 16.0 Å². The predicted octanol–water partition coefficient (Wildman–Crippen LogP) is 3.35. The van der Waals surface area contributed by atoms with E-state index in [1.165, 1.54) is 0 Å². The third-order valence-electron chi connectivity index (χ3n) is 6.69. The number of imidazole rings is 1. The minimum absolute atomic E-state index is 0.0287. The number of piperidine rings is 1. The van der Waals surface area contributed by atoms with Gasteiger partial charge in [0.2, 0.25) is 10.0 Å². The van der Waals surface area contributed by atoms with Crippen molar-refractivity contribution in [2.24, 2.45) is 7.05 Å². The Morgan fingerprint density at radius 2 is 1.75 bits per heavy atom. The summed E-state index contributed by atoms with van der Waals surface area (Å²) in [7, 11) is -1.53. The van der Waals surface area contributed by atoms with Crippen LogP contribution in [0.3, 0.4) is 0 Å². The predicted molar refractivity (Wildman–Crippen MR) is 124 cm³/mol. The van der Waals surface area contributed by atoms with Crippen LogP contribution in [0.5, 0.6) is 0 Å². The van der Waals surface area contributed by atoms with Gasteiger partial charge in [0.15, 0.2) is 0 Å². The molecule has 2 aliphatic heterocycles. The lowest BCUT2D eigenvalue weighted by Crippen LogP contribution is -2.44. The van der Waals surface area contributed by atoms with Gasteiger partial charge in [0.05, 0.1) is 23.0 Å². The maximum Gasteiger partial charge on any atom is 0.490 e. The summed E-state index contributed by atoms with van der Waals surface area (Å²) in [5, 5.41) is 11.4. The van der Waals surface area contributed by atoms with E-state index >= 15 is 0 Å². The summed E-state index contributed by atoms with van der Waals surface area (Å²) in [6.45, 7) is 3.91. The van der Waals surface area contributed by atoms with Crippen LogP contribution in [-0.4, -0.2) is 62.4 Å². The molecule has 9 nitrogen and oxygen atoms in total. The molecule has 0 atom stereocenters. The molecule has 0 amide bonds. The number of aromatic nitrogens is 4. The number of halogens is 3. The molecule has 2 aliphatic rings. The summed E-state index contributed by atoms with van der Waals surface area (Å²) >= 11 is 0. The third kappa shape index (κ3) is 4.89. The molecule has 1 fully saturated rings. The van der Waals surface area contributed by atoms with Crippen molar-refractivity contribution in [2.75, 3.05) is 13.1 Å². The number of hydrogen-bond acceptors (Lipinski definition) is 5. The van der Waals surface area contributed by atoms with E-state index in [0.717, 1.165) is 48.5 Å². The molecule has 36 heavy (non-hydrogen) atoms. The molecule has 0 bridgehead atoms. The number of nitrogens with zero attached hydrogens (tertiary/aromatic N) is 5. The van der Waals surface area contributed by atoms with Gasteiger partial charge >= 0.3 is 12.1 Å². The number of carboxylic acid groups (broad SMARTS) is 1. The lowest BCUT2D eigenvalue weighted by molar-refractivity contribution is -0.192. The molecule has 3 aromatic rings. The Kier molecular flexibility index (Phi) is 6.73. The maximum atomic E-state index is 13.1. The molecular formula is C23H26F3N5O4S. The van der Waals surface area contributed by atoms with Gasteiger partial charge < -0.3 is 9.67 Å². The molecule has 4 heterocycles. The van der Waals surface area contributed by atoms with E-state index in [-0.39, 0.29) is 5.41 Å². The van der Waals surface area contributed by atoms with E-state index in [4.69, 9.17) is 14.9 Å². The molecule has 13 heteroatoms. The van der Waals surface area contributed by atoms with Gasteiger partial charge in [-0.25, -0.2) is 18.2 Å². The van der Waals surface area contributed by atoms with Crippen LogP contribution < -0.4 is 0 Å². The molecule has 5 rings (SSSR count). The fraction of sp³-hybridized carbons (Fsp3) is 0.435. The van der Waals surface area contributed by atoms with Crippen molar-refractivity contribution in [3.05, 3.63) is 54.2 Å². The maximum absolute atomic E-state index is 13.1. The Morgan fingerprint density at radius 1 is 1.11 bits per heavy atom. The van der Waals surface area contributed by atoms with Crippen molar-refractivity contribution in [1.82, 2.24) is 23.6 Å². The molecule has 0 aliphatic carbocycles. The normalized spacial score (nSPS) is 17.5. The molecule has 1 saturated heterocycles. The average Bonchev–Trinajstić information content (AvgIpc) is 3.51. The number of rotatable bonds is 3. The average molecular weight is 526 g/mol. The molecule has 0 saturated carbocycles.